The molecule has 0 aliphatic heterocycles. The third kappa shape index (κ3) is 11.9. The molecule has 9 heteroatoms. The van der Waals surface area contributed by atoms with Crippen LogP contribution in [0.1, 0.15) is 90.4 Å². The number of hydrogen-bond acceptors (Lipinski definition) is 6. The first-order valence-electron chi connectivity index (χ1n) is 13.8. The molecule has 2 fully saturated rings. The highest BCUT2D eigenvalue weighted by atomic mass is 35.5. The third-order valence-electron chi connectivity index (χ3n) is 7.97. The second kappa shape index (κ2) is 17.9. The second-order valence-electron chi connectivity index (χ2n) is 10.5. The average molecular weight is 545 g/mol. The number of carboxylic acid groups (broad SMARTS) is 2. The van der Waals surface area contributed by atoms with Crippen LogP contribution in [0, 0.1) is 17.3 Å². The van der Waals surface area contributed by atoms with E-state index in [0.717, 1.165) is 44.9 Å². The van der Waals surface area contributed by atoms with E-state index in [1.807, 2.05) is 12.2 Å². The Hall–Kier alpha value is -1.45. The van der Waals surface area contributed by atoms with Crippen molar-refractivity contribution in [1.82, 2.24) is 0 Å². The van der Waals surface area contributed by atoms with Crippen molar-refractivity contribution in [2.45, 2.75) is 114 Å². The van der Waals surface area contributed by atoms with Crippen molar-refractivity contribution in [3.8, 4) is 0 Å². The lowest BCUT2D eigenvalue weighted by Crippen LogP contribution is -2.40. The first-order valence-corrected chi connectivity index (χ1v) is 14.2. The van der Waals surface area contributed by atoms with Gasteiger partial charge in [-0.2, -0.15) is 0 Å². The van der Waals surface area contributed by atoms with E-state index in [2.05, 4.69) is 19.1 Å². The Labute approximate surface area is 227 Å². The molecule has 0 aromatic carbocycles. The number of aliphatic carboxylic acids is 2. The highest BCUT2D eigenvalue weighted by Gasteiger charge is 2.42. The highest BCUT2D eigenvalue weighted by Crippen LogP contribution is 2.48. The largest absolute Gasteiger partial charge is 0.481 e. The maximum absolute atomic E-state index is 10.5. The van der Waals surface area contributed by atoms with Crippen LogP contribution in [0.2, 0.25) is 0 Å². The van der Waals surface area contributed by atoms with Gasteiger partial charge in [-0.05, 0) is 82.1 Å². The van der Waals surface area contributed by atoms with Crippen molar-refractivity contribution < 1.29 is 30.0 Å². The van der Waals surface area contributed by atoms with Crippen LogP contribution in [0.3, 0.4) is 0 Å². The lowest BCUT2D eigenvalue weighted by Gasteiger charge is -2.45. The van der Waals surface area contributed by atoms with E-state index in [1.165, 1.54) is 6.42 Å². The SMILES string of the molecule is CCC1(C(O)C/C=C/[C@@H]2[C@@H](C/C=C\CCCC(=O)O)[C@H](Cl)C[C@H]2O)CCC1.NCCCC[C@H](N)C(=O)O. The Morgan fingerprint density at radius 3 is 2.38 bits per heavy atom. The van der Waals surface area contributed by atoms with Crippen LogP contribution in [-0.4, -0.2) is 62.5 Å². The van der Waals surface area contributed by atoms with E-state index >= 15 is 0 Å². The van der Waals surface area contributed by atoms with Crippen LogP contribution in [-0.2, 0) is 9.59 Å². The summed E-state index contributed by atoms with van der Waals surface area (Å²) in [7, 11) is 0. The normalized spacial score (nSPS) is 26.4. The molecule has 0 aromatic rings. The Morgan fingerprint density at radius 2 is 1.84 bits per heavy atom. The van der Waals surface area contributed by atoms with Gasteiger partial charge in [0, 0.05) is 17.7 Å². The molecule has 2 rings (SSSR count). The van der Waals surface area contributed by atoms with E-state index in [9.17, 15) is 19.8 Å². The number of hydrogen-bond donors (Lipinski definition) is 6. The maximum atomic E-state index is 10.5. The van der Waals surface area contributed by atoms with E-state index in [4.69, 9.17) is 33.3 Å². The lowest BCUT2D eigenvalue weighted by molar-refractivity contribution is -0.139. The molecule has 2 aliphatic rings. The number of halogens is 1. The molecule has 37 heavy (non-hydrogen) atoms. The molecule has 0 heterocycles. The molecule has 0 radical (unpaired) electrons. The van der Waals surface area contributed by atoms with Gasteiger partial charge in [0.25, 0.3) is 0 Å². The van der Waals surface area contributed by atoms with Gasteiger partial charge in [0.1, 0.15) is 6.04 Å². The van der Waals surface area contributed by atoms with Gasteiger partial charge >= 0.3 is 11.9 Å². The van der Waals surface area contributed by atoms with Gasteiger partial charge in [-0.25, -0.2) is 0 Å². The molecule has 0 saturated heterocycles. The van der Waals surface area contributed by atoms with Gasteiger partial charge < -0.3 is 31.9 Å². The number of carbonyl (C=O) groups is 2. The van der Waals surface area contributed by atoms with Crippen molar-refractivity contribution in [3.63, 3.8) is 0 Å². The molecule has 0 amide bonds. The topological polar surface area (TPSA) is 167 Å². The zero-order valence-corrected chi connectivity index (χ0v) is 23.1. The molecule has 0 bridgehead atoms. The predicted octanol–water partition coefficient (Wildman–Crippen LogP) is 4.21. The molecular formula is C28H49ClN2O6. The Bertz CT molecular complexity index is 722. The summed E-state index contributed by atoms with van der Waals surface area (Å²) in [5.41, 5.74) is 10.5. The van der Waals surface area contributed by atoms with Gasteiger partial charge in [0.15, 0.2) is 0 Å². The molecule has 2 saturated carbocycles. The van der Waals surface area contributed by atoms with Crippen molar-refractivity contribution >= 4 is 23.5 Å². The first kappa shape index (κ1) is 33.6. The number of nitrogens with two attached hydrogens (primary N) is 2. The summed E-state index contributed by atoms with van der Waals surface area (Å²) < 4.78 is 0. The maximum Gasteiger partial charge on any atom is 0.320 e. The summed E-state index contributed by atoms with van der Waals surface area (Å²) in [5, 5.41) is 37.8. The molecule has 8 nitrogen and oxygen atoms in total. The zero-order valence-electron chi connectivity index (χ0n) is 22.3. The van der Waals surface area contributed by atoms with Crippen LogP contribution in [0.5, 0.6) is 0 Å². The third-order valence-corrected chi connectivity index (χ3v) is 8.47. The van der Waals surface area contributed by atoms with E-state index in [1.54, 1.807) is 0 Å². The van der Waals surface area contributed by atoms with Crippen LogP contribution < -0.4 is 11.5 Å². The Balaban J connectivity index is 0.000000580. The molecule has 6 atom stereocenters. The molecule has 0 spiro atoms. The molecule has 2 aliphatic carbocycles. The van der Waals surface area contributed by atoms with Crippen LogP contribution in [0.15, 0.2) is 24.3 Å². The number of aliphatic hydroxyl groups excluding tert-OH is 2. The van der Waals surface area contributed by atoms with Crippen LogP contribution in [0.25, 0.3) is 0 Å². The number of alkyl halides is 1. The van der Waals surface area contributed by atoms with Gasteiger partial charge in [-0.1, -0.05) is 44.1 Å². The van der Waals surface area contributed by atoms with Crippen molar-refractivity contribution in [2.75, 3.05) is 6.54 Å². The minimum absolute atomic E-state index is 0.0161. The van der Waals surface area contributed by atoms with Crippen molar-refractivity contribution in [2.24, 2.45) is 28.7 Å². The fourth-order valence-electron chi connectivity index (χ4n) is 5.21. The Kier molecular flexibility index (Phi) is 16.3. The smallest absolute Gasteiger partial charge is 0.320 e. The predicted molar refractivity (Wildman–Crippen MR) is 147 cm³/mol. The molecule has 8 N–H and O–H groups in total. The molecular weight excluding hydrogens is 496 g/mol. The van der Waals surface area contributed by atoms with Crippen LogP contribution >= 0.6 is 11.6 Å². The average Bonchev–Trinajstić information content (AvgIpc) is 3.08. The second-order valence-corrected chi connectivity index (χ2v) is 11.1. The summed E-state index contributed by atoms with van der Waals surface area (Å²) in [5.74, 6) is -1.50. The summed E-state index contributed by atoms with van der Waals surface area (Å²) in [6, 6.07) is -0.716. The van der Waals surface area contributed by atoms with Gasteiger partial charge in [-0.3, -0.25) is 9.59 Å². The molecule has 0 aromatic heterocycles. The minimum Gasteiger partial charge on any atom is -0.481 e. The lowest BCUT2D eigenvalue weighted by atomic mass is 9.63. The quantitative estimate of drug-likeness (QED) is 0.0954. The van der Waals surface area contributed by atoms with Gasteiger partial charge in [-0.15, -0.1) is 11.6 Å². The van der Waals surface area contributed by atoms with Gasteiger partial charge in [0.2, 0.25) is 0 Å². The fraction of sp³-hybridized carbons (Fsp3) is 0.786. The summed E-state index contributed by atoms with van der Waals surface area (Å²) in [4.78, 5) is 20.7. The van der Waals surface area contributed by atoms with Gasteiger partial charge in [0.05, 0.1) is 12.2 Å². The monoisotopic (exact) mass is 544 g/mol. The van der Waals surface area contributed by atoms with E-state index in [-0.39, 0.29) is 35.2 Å². The number of unbranched alkanes of at least 4 members (excludes halogenated alkanes) is 2. The zero-order chi connectivity index (χ0) is 27.8. The molecule has 1 unspecified atom stereocenters. The van der Waals surface area contributed by atoms with Crippen molar-refractivity contribution in [3.05, 3.63) is 24.3 Å². The minimum atomic E-state index is -0.933. The standard InChI is InChI=1S/C22H35ClO4.C6H14N2O2/c1-2-22(13-8-14-22)20(25)11-7-10-17-16(18(23)15-19(17)24)9-5-3-4-6-12-21(26)27;7-4-2-1-3-5(8)6(9)10/h3,5,7,10,16-20,24-25H,2,4,6,8-9,11-15H2,1H3,(H,26,27);5H,1-4,7-8H2,(H,9,10)/b5-3-,10-7+;/t16-,17-,18-,19-,20?;5-/m10/s1. The van der Waals surface area contributed by atoms with Crippen molar-refractivity contribution in [1.29, 1.82) is 0 Å². The number of rotatable bonds is 16. The highest BCUT2D eigenvalue weighted by molar-refractivity contribution is 6.21. The van der Waals surface area contributed by atoms with E-state index in [0.29, 0.717) is 32.2 Å². The fourth-order valence-corrected chi connectivity index (χ4v) is 5.66. The summed E-state index contributed by atoms with van der Waals surface area (Å²) in [6.07, 6.45) is 17.7. The number of aliphatic hydroxyl groups is 2. The van der Waals surface area contributed by atoms with Crippen LogP contribution in [0.4, 0.5) is 0 Å². The number of carboxylic acids is 2. The molecule has 214 valence electrons. The van der Waals surface area contributed by atoms with E-state index < -0.39 is 24.1 Å². The summed E-state index contributed by atoms with van der Waals surface area (Å²) in [6.45, 7) is 2.76. The Morgan fingerprint density at radius 1 is 1.14 bits per heavy atom. The number of allylic oxidation sites excluding steroid dienone is 2. The summed E-state index contributed by atoms with van der Waals surface area (Å²) >= 11 is 6.46. The first-order chi connectivity index (χ1) is 17.6.